The molecule has 12 nitrogen and oxygen atoms in total. The molecule has 0 unspecified atom stereocenters. The van der Waals surface area contributed by atoms with Gasteiger partial charge in [-0.15, -0.1) is 0 Å². The van der Waals surface area contributed by atoms with Crippen LogP contribution in [-0.2, 0) is 29.8 Å². The molecule has 0 saturated carbocycles. The molecule has 0 spiro atoms. The van der Waals surface area contributed by atoms with Gasteiger partial charge >= 0.3 is 11.9 Å². The first-order valence-corrected chi connectivity index (χ1v) is 23.7. The number of benzene rings is 6. The van der Waals surface area contributed by atoms with Gasteiger partial charge in [-0.25, -0.2) is 19.8 Å². The number of methoxy groups -OCH3 is 2. The molecule has 2 aliphatic heterocycles. The highest BCUT2D eigenvalue weighted by atomic mass is 31.2. The van der Waals surface area contributed by atoms with Crippen LogP contribution in [0.4, 0.5) is 0 Å². The SMILES string of the molecule is C/C=C/c1c(O)c(OC)cc2c1[C@@](C)(NP(=O)(c1ccccc1)c1ccccc1)C(=O)O2.C/C=C/c1c(O)c(OC)cc2c1[C@](C)(NP(=O)(c1ccccc1)c1ccccc1)C(=O)O2. The van der Waals surface area contributed by atoms with Crippen LogP contribution in [-0.4, -0.2) is 36.4 Å². The molecule has 64 heavy (non-hydrogen) atoms. The summed E-state index contributed by atoms with van der Waals surface area (Å²) in [6.45, 7) is 6.84. The van der Waals surface area contributed by atoms with E-state index >= 15 is 0 Å². The van der Waals surface area contributed by atoms with Gasteiger partial charge in [0.2, 0.25) is 14.6 Å². The molecular formula is C50H48N2O10P2. The molecule has 0 aliphatic carbocycles. The predicted molar refractivity (Wildman–Crippen MR) is 250 cm³/mol. The topological polar surface area (TPSA) is 170 Å². The van der Waals surface area contributed by atoms with Crippen molar-refractivity contribution in [2.24, 2.45) is 0 Å². The number of fused-ring (bicyclic) bond motifs is 2. The Labute approximate surface area is 372 Å². The lowest BCUT2D eigenvalue weighted by Crippen LogP contribution is -2.47. The van der Waals surface area contributed by atoms with E-state index in [1.54, 1.807) is 149 Å². The third-order valence-corrected chi connectivity index (χ3v) is 16.7. The third-order valence-electron chi connectivity index (χ3n) is 11.1. The normalized spacial score (nSPS) is 17.9. The molecule has 6 aromatic rings. The minimum atomic E-state index is -3.49. The van der Waals surface area contributed by atoms with Gasteiger partial charge in [0.05, 0.1) is 14.2 Å². The number of phenolic OH excluding ortho intramolecular Hbond substituents is 2. The fraction of sp³-hybridized carbons (Fsp3) is 0.160. The fourth-order valence-electron chi connectivity index (χ4n) is 8.00. The number of hydrogen-bond acceptors (Lipinski definition) is 10. The molecule has 0 amide bonds. The second kappa shape index (κ2) is 18.2. The maximum atomic E-state index is 14.6. The molecule has 0 radical (unpaired) electrons. The maximum Gasteiger partial charge on any atom is 0.336 e. The van der Waals surface area contributed by atoms with E-state index in [1.165, 1.54) is 26.4 Å². The summed E-state index contributed by atoms with van der Waals surface area (Å²) in [6.07, 6.45) is 6.83. The van der Waals surface area contributed by atoms with Crippen molar-refractivity contribution in [3.63, 3.8) is 0 Å². The molecule has 0 aromatic heterocycles. The average Bonchev–Trinajstić information content (AvgIpc) is 3.71. The van der Waals surface area contributed by atoms with Gasteiger partial charge in [-0.1, -0.05) is 97.1 Å². The zero-order chi connectivity index (χ0) is 45.9. The first-order chi connectivity index (χ1) is 30.7. The van der Waals surface area contributed by atoms with Gasteiger partial charge in [0.15, 0.2) is 34.1 Å². The highest BCUT2D eigenvalue weighted by Crippen LogP contribution is 2.54. The third kappa shape index (κ3) is 7.95. The highest BCUT2D eigenvalue weighted by Gasteiger charge is 2.53. The van der Waals surface area contributed by atoms with Crippen molar-refractivity contribution in [1.29, 1.82) is 0 Å². The maximum absolute atomic E-state index is 14.6. The lowest BCUT2D eigenvalue weighted by atomic mass is 9.89. The Kier molecular flexibility index (Phi) is 12.9. The summed E-state index contributed by atoms with van der Waals surface area (Å²) in [7, 11) is -4.13. The van der Waals surface area contributed by atoms with Crippen molar-refractivity contribution in [3.05, 3.63) is 168 Å². The molecular weight excluding hydrogens is 851 g/mol. The van der Waals surface area contributed by atoms with E-state index in [0.717, 1.165) is 0 Å². The summed E-state index contributed by atoms with van der Waals surface area (Å²) in [5.74, 6) is -0.599. The number of allylic oxidation sites excluding steroid dienone is 2. The predicted octanol–water partition coefficient (Wildman–Crippen LogP) is 8.17. The van der Waals surface area contributed by atoms with Crippen LogP contribution in [0.1, 0.15) is 49.9 Å². The zero-order valence-corrected chi connectivity index (χ0v) is 37.9. The highest BCUT2D eigenvalue weighted by molar-refractivity contribution is 7.77. The van der Waals surface area contributed by atoms with Gasteiger partial charge in [-0.2, -0.15) is 0 Å². The Hall–Kier alpha value is -6.68. The minimum Gasteiger partial charge on any atom is -0.504 e. The van der Waals surface area contributed by atoms with Crippen LogP contribution in [0.2, 0.25) is 0 Å². The smallest absolute Gasteiger partial charge is 0.336 e. The Balaban J connectivity index is 0.000000191. The summed E-state index contributed by atoms with van der Waals surface area (Å²) >= 11 is 0. The van der Waals surface area contributed by atoms with Gasteiger partial charge in [-0.05, 0) is 76.2 Å². The fourth-order valence-corrected chi connectivity index (χ4v) is 13.1. The Bertz CT molecular complexity index is 2590. The standard InChI is InChI=1S/2C25H24NO5P/c2*1-4-11-19-22-20(16-21(30-3)23(19)27)31-24(28)25(22,2)26-32(29,17-12-7-5-8-13-17)18-14-9-6-10-15-18/h2*4-16,27H,1-3H3,(H,26,29)/b2*11-4+/t2*25-/m10/s1. The van der Waals surface area contributed by atoms with Crippen LogP contribution in [0.3, 0.4) is 0 Å². The molecule has 8 rings (SSSR count). The monoisotopic (exact) mass is 898 g/mol. The summed E-state index contributed by atoms with van der Waals surface area (Å²) in [6, 6.07) is 38.9. The second-order valence-electron chi connectivity index (χ2n) is 15.2. The van der Waals surface area contributed by atoms with Gasteiger partial charge < -0.3 is 29.2 Å². The van der Waals surface area contributed by atoms with Crippen molar-refractivity contribution in [2.45, 2.75) is 38.8 Å². The Morgan fingerprint density at radius 1 is 0.531 bits per heavy atom. The number of aromatic hydroxyl groups is 2. The number of hydrogen-bond donors (Lipinski definition) is 4. The van der Waals surface area contributed by atoms with Crippen molar-refractivity contribution < 1.29 is 47.9 Å². The van der Waals surface area contributed by atoms with Crippen LogP contribution in [0.5, 0.6) is 34.5 Å². The Morgan fingerprint density at radius 2 is 0.812 bits per heavy atom. The molecule has 0 saturated heterocycles. The van der Waals surface area contributed by atoms with E-state index in [1.807, 2.05) is 24.3 Å². The van der Waals surface area contributed by atoms with E-state index in [9.17, 15) is 28.9 Å². The van der Waals surface area contributed by atoms with Crippen molar-refractivity contribution >= 4 is 59.9 Å². The summed E-state index contributed by atoms with van der Waals surface area (Å²) in [5, 5.41) is 30.1. The first-order valence-electron chi connectivity index (χ1n) is 20.3. The summed E-state index contributed by atoms with van der Waals surface area (Å²) in [4.78, 5) is 26.4. The van der Waals surface area contributed by atoms with Crippen LogP contribution in [0, 0.1) is 0 Å². The molecule has 328 valence electrons. The van der Waals surface area contributed by atoms with Crippen LogP contribution in [0.25, 0.3) is 12.2 Å². The van der Waals surface area contributed by atoms with E-state index < -0.39 is 37.6 Å². The van der Waals surface area contributed by atoms with E-state index in [4.69, 9.17) is 18.9 Å². The van der Waals surface area contributed by atoms with E-state index in [-0.39, 0.29) is 34.5 Å². The molecule has 2 heterocycles. The lowest BCUT2D eigenvalue weighted by molar-refractivity contribution is -0.139. The number of carbonyl (C=O) groups excluding carboxylic acids is 2. The van der Waals surface area contributed by atoms with Crippen molar-refractivity contribution in [1.82, 2.24) is 10.2 Å². The summed E-state index contributed by atoms with van der Waals surface area (Å²) in [5.41, 5.74) is -1.42. The number of esters is 2. The van der Waals surface area contributed by atoms with Gasteiger partial charge in [0, 0.05) is 55.6 Å². The number of carbonyl (C=O) groups is 2. The minimum absolute atomic E-state index is 0.120. The van der Waals surface area contributed by atoms with Crippen LogP contribution >= 0.6 is 14.6 Å². The van der Waals surface area contributed by atoms with Crippen molar-refractivity contribution in [3.8, 4) is 34.5 Å². The molecule has 4 N–H and O–H groups in total. The summed E-state index contributed by atoms with van der Waals surface area (Å²) < 4.78 is 50.8. The van der Waals surface area contributed by atoms with Crippen molar-refractivity contribution in [2.75, 3.05) is 14.2 Å². The Morgan fingerprint density at radius 3 is 1.06 bits per heavy atom. The van der Waals surface area contributed by atoms with Crippen LogP contribution < -0.4 is 50.3 Å². The average molecular weight is 899 g/mol. The molecule has 0 fully saturated rings. The largest absolute Gasteiger partial charge is 0.504 e. The quantitative estimate of drug-likeness (QED) is 0.0529. The number of ether oxygens (including phenoxy) is 4. The van der Waals surface area contributed by atoms with E-state index in [2.05, 4.69) is 10.2 Å². The van der Waals surface area contributed by atoms with Crippen LogP contribution in [0.15, 0.2) is 146 Å². The number of phenols is 2. The molecule has 0 bridgehead atoms. The molecule has 2 atom stereocenters. The second-order valence-corrected chi connectivity index (χ2v) is 20.2. The van der Waals surface area contributed by atoms with E-state index in [0.29, 0.717) is 43.5 Å². The lowest BCUT2D eigenvalue weighted by Gasteiger charge is -2.31. The molecule has 14 heteroatoms. The number of nitrogens with one attached hydrogen (secondary N) is 2. The van der Waals surface area contributed by atoms with Gasteiger partial charge in [0.25, 0.3) is 0 Å². The molecule has 2 aliphatic rings. The zero-order valence-electron chi connectivity index (χ0n) is 36.1. The van der Waals surface area contributed by atoms with Gasteiger partial charge in [0.1, 0.15) is 11.5 Å². The number of rotatable bonds is 12. The van der Waals surface area contributed by atoms with Gasteiger partial charge in [-0.3, -0.25) is 9.13 Å². The molecule has 6 aromatic carbocycles. The first kappa shape index (κ1) is 45.3.